The van der Waals surface area contributed by atoms with E-state index in [4.69, 9.17) is 23.2 Å². The molecule has 0 spiro atoms. The summed E-state index contributed by atoms with van der Waals surface area (Å²) < 4.78 is 65.7. The van der Waals surface area contributed by atoms with E-state index in [1.54, 1.807) is 0 Å². The number of nitrogens with zero attached hydrogens (tertiary/aromatic N) is 4. The van der Waals surface area contributed by atoms with Crippen LogP contribution >= 0.6 is 23.2 Å². The minimum Gasteiger partial charge on any atom is -0.325 e. The highest BCUT2D eigenvalue weighted by Crippen LogP contribution is 2.27. The molecule has 28 heavy (non-hydrogen) atoms. The Morgan fingerprint density at radius 1 is 1.07 bits per heavy atom. The summed E-state index contributed by atoms with van der Waals surface area (Å²) in [6, 6.07) is 4.12. The van der Waals surface area contributed by atoms with Crippen LogP contribution in [0, 0.1) is 0 Å². The van der Waals surface area contributed by atoms with Gasteiger partial charge >= 0.3 is 6.18 Å². The van der Waals surface area contributed by atoms with Gasteiger partial charge in [-0.25, -0.2) is 13.4 Å². The molecule has 0 amide bonds. The minimum absolute atomic E-state index is 0.0519. The predicted octanol–water partition coefficient (Wildman–Crippen LogP) is 3.26. The number of piperazine rings is 1. The number of benzene rings is 1. The van der Waals surface area contributed by atoms with Crippen LogP contribution in [-0.4, -0.2) is 59.5 Å². The molecule has 2 heterocycles. The molecule has 1 aromatic heterocycles. The maximum absolute atomic E-state index is 12.7. The van der Waals surface area contributed by atoms with Crippen LogP contribution in [0.1, 0.15) is 5.82 Å². The second-order valence-electron chi connectivity index (χ2n) is 6.34. The van der Waals surface area contributed by atoms with Crippen LogP contribution in [0.4, 0.5) is 13.2 Å². The summed E-state index contributed by atoms with van der Waals surface area (Å²) in [4.78, 5) is 5.91. The van der Waals surface area contributed by atoms with Crippen molar-refractivity contribution in [2.45, 2.75) is 24.2 Å². The molecule has 0 atom stereocenters. The topological polar surface area (TPSA) is 58.4 Å². The summed E-state index contributed by atoms with van der Waals surface area (Å²) in [6.45, 7) is 0.279. The molecule has 0 saturated carbocycles. The van der Waals surface area contributed by atoms with Crippen molar-refractivity contribution >= 4 is 33.2 Å². The lowest BCUT2D eigenvalue weighted by atomic mass is 10.3. The highest BCUT2D eigenvalue weighted by Gasteiger charge is 2.31. The molecule has 0 bridgehead atoms. The highest BCUT2D eigenvalue weighted by molar-refractivity contribution is 7.89. The molecule has 3 rings (SSSR count). The Labute approximate surface area is 170 Å². The maximum atomic E-state index is 12.7. The standard InChI is InChI=1S/C16H17Cl2F3N4O2S/c17-13-2-1-12(9-14(13)18)28(26,27)25-7-5-23(6-8-25)10-15-22-3-4-24(15)11-16(19,20)21/h1-4,9H,5-8,10-11H2. The third-order valence-corrected chi connectivity index (χ3v) is 7.01. The largest absolute Gasteiger partial charge is 0.406 e. The zero-order valence-corrected chi connectivity index (χ0v) is 16.9. The molecule has 2 aromatic rings. The summed E-state index contributed by atoms with van der Waals surface area (Å²) in [5, 5.41) is 0.415. The van der Waals surface area contributed by atoms with Crippen LogP contribution in [0.25, 0.3) is 0 Å². The fraction of sp³-hybridized carbons (Fsp3) is 0.438. The van der Waals surface area contributed by atoms with Crippen molar-refractivity contribution in [1.29, 1.82) is 0 Å². The smallest absolute Gasteiger partial charge is 0.325 e. The summed E-state index contributed by atoms with van der Waals surface area (Å²) in [7, 11) is -3.72. The van der Waals surface area contributed by atoms with Gasteiger partial charge in [-0.2, -0.15) is 17.5 Å². The van der Waals surface area contributed by atoms with Crippen LogP contribution in [0.2, 0.25) is 10.0 Å². The number of alkyl halides is 3. The molecular weight excluding hydrogens is 440 g/mol. The van der Waals surface area contributed by atoms with Crippen molar-refractivity contribution in [3.63, 3.8) is 0 Å². The van der Waals surface area contributed by atoms with Gasteiger partial charge in [-0.3, -0.25) is 4.90 Å². The third-order valence-electron chi connectivity index (χ3n) is 4.38. The molecule has 6 nitrogen and oxygen atoms in total. The van der Waals surface area contributed by atoms with Gasteiger partial charge in [-0.05, 0) is 18.2 Å². The van der Waals surface area contributed by atoms with Gasteiger partial charge < -0.3 is 4.57 Å². The van der Waals surface area contributed by atoms with Crippen molar-refractivity contribution in [3.8, 4) is 0 Å². The van der Waals surface area contributed by atoms with E-state index in [-0.39, 0.29) is 40.4 Å². The fourth-order valence-electron chi connectivity index (χ4n) is 2.94. The first-order chi connectivity index (χ1) is 13.1. The van der Waals surface area contributed by atoms with Gasteiger partial charge in [0, 0.05) is 38.6 Å². The number of hydrogen-bond donors (Lipinski definition) is 0. The molecule has 0 radical (unpaired) electrons. The third kappa shape index (κ3) is 4.98. The molecule has 0 unspecified atom stereocenters. The second kappa shape index (κ2) is 8.19. The lowest BCUT2D eigenvalue weighted by Crippen LogP contribution is -2.48. The van der Waals surface area contributed by atoms with Gasteiger partial charge in [-0.15, -0.1) is 0 Å². The quantitative estimate of drug-likeness (QED) is 0.692. The van der Waals surface area contributed by atoms with Crippen LogP contribution in [-0.2, 0) is 23.1 Å². The van der Waals surface area contributed by atoms with E-state index in [1.165, 1.54) is 34.9 Å². The van der Waals surface area contributed by atoms with E-state index >= 15 is 0 Å². The summed E-state index contributed by atoms with van der Waals surface area (Å²) in [5.74, 6) is 0.290. The highest BCUT2D eigenvalue weighted by atomic mass is 35.5. The number of imidazole rings is 1. The number of rotatable bonds is 5. The summed E-state index contributed by atoms with van der Waals surface area (Å²) in [6.07, 6.45) is -1.72. The van der Waals surface area contributed by atoms with Gasteiger partial charge in [-0.1, -0.05) is 23.2 Å². The molecule has 0 N–H and O–H groups in total. The van der Waals surface area contributed by atoms with Crippen LogP contribution in [0.3, 0.4) is 0 Å². The van der Waals surface area contributed by atoms with E-state index in [0.29, 0.717) is 13.1 Å². The van der Waals surface area contributed by atoms with Gasteiger partial charge in [0.1, 0.15) is 12.4 Å². The number of hydrogen-bond acceptors (Lipinski definition) is 4. The van der Waals surface area contributed by atoms with Gasteiger partial charge in [0.15, 0.2) is 0 Å². The molecule has 154 valence electrons. The van der Waals surface area contributed by atoms with E-state index < -0.39 is 22.7 Å². The summed E-state index contributed by atoms with van der Waals surface area (Å²) in [5.41, 5.74) is 0. The molecule has 1 fully saturated rings. The molecule has 1 saturated heterocycles. The number of halogens is 5. The van der Waals surface area contributed by atoms with Gasteiger partial charge in [0.25, 0.3) is 0 Å². The first-order valence-corrected chi connectivity index (χ1v) is 10.5. The fourth-order valence-corrected chi connectivity index (χ4v) is 4.75. The van der Waals surface area contributed by atoms with Gasteiger partial charge in [0.2, 0.25) is 10.0 Å². The van der Waals surface area contributed by atoms with Crippen molar-refractivity contribution in [2.75, 3.05) is 26.2 Å². The summed E-state index contributed by atoms with van der Waals surface area (Å²) >= 11 is 11.7. The van der Waals surface area contributed by atoms with Crippen molar-refractivity contribution < 1.29 is 21.6 Å². The van der Waals surface area contributed by atoms with E-state index in [2.05, 4.69) is 4.98 Å². The molecule has 1 aromatic carbocycles. The first-order valence-electron chi connectivity index (χ1n) is 8.30. The van der Waals surface area contributed by atoms with Crippen molar-refractivity contribution in [2.24, 2.45) is 0 Å². The molecule has 1 aliphatic heterocycles. The lowest BCUT2D eigenvalue weighted by Gasteiger charge is -2.33. The Kier molecular flexibility index (Phi) is 6.26. The molecule has 0 aliphatic carbocycles. The zero-order chi connectivity index (χ0) is 20.5. The normalized spacial score (nSPS) is 17.2. The van der Waals surface area contributed by atoms with Crippen LogP contribution in [0.15, 0.2) is 35.5 Å². The lowest BCUT2D eigenvalue weighted by molar-refractivity contribution is -0.141. The average molecular weight is 457 g/mol. The Morgan fingerprint density at radius 3 is 2.36 bits per heavy atom. The Hall–Kier alpha value is -1.33. The van der Waals surface area contributed by atoms with Crippen molar-refractivity contribution in [1.82, 2.24) is 18.8 Å². The van der Waals surface area contributed by atoms with Crippen LogP contribution < -0.4 is 0 Å². The number of sulfonamides is 1. The SMILES string of the molecule is O=S(=O)(c1ccc(Cl)c(Cl)c1)N1CCN(Cc2nccn2CC(F)(F)F)CC1. The van der Waals surface area contributed by atoms with Crippen LogP contribution in [0.5, 0.6) is 0 Å². The molecule has 1 aliphatic rings. The minimum atomic E-state index is -4.33. The predicted molar refractivity (Wildman–Crippen MR) is 98.8 cm³/mol. The average Bonchev–Trinajstić information content (AvgIpc) is 3.02. The second-order valence-corrected chi connectivity index (χ2v) is 9.10. The first kappa shape index (κ1) is 21.4. The molecule has 12 heteroatoms. The maximum Gasteiger partial charge on any atom is 0.406 e. The molecular formula is C16H17Cl2F3N4O2S. The Balaban J connectivity index is 1.63. The van der Waals surface area contributed by atoms with E-state index in [0.717, 1.165) is 4.57 Å². The number of aromatic nitrogens is 2. The van der Waals surface area contributed by atoms with Gasteiger partial charge in [0.05, 0.1) is 21.5 Å². The monoisotopic (exact) mass is 456 g/mol. The van der Waals surface area contributed by atoms with E-state index in [1.807, 2.05) is 4.90 Å². The Bertz CT molecular complexity index is 942. The Morgan fingerprint density at radius 2 is 1.75 bits per heavy atom. The van der Waals surface area contributed by atoms with E-state index in [9.17, 15) is 21.6 Å². The zero-order valence-electron chi connectivity index (χ0n) is 14.5. The van der Waals surface area contributed by atoms with Crippen molar-refractivity contribution in [3.05, 3.63) is 46.5 Å².